The van der Waals surface area contributed by atoms with Crippen LogP contribution in [0.1, 0.15) is 16.7 Å². The lowest BCUT2D eigenvalue weighted by molar-refractivity contribution is -0.137. The Bertz CT molecular complexity index is 1220. The molecular formula is C20H14F3N3OS3. The molecule has 0 saturated heterocycles. The van der Waals surface area contributed by atoms with Crippen molar-refractivity contribution in [3.05, 3.63) is 81.1 Å². The Morgan fingerprint density at radius 3 is 2.43 bits per heavy atom. The van der Waals surface area contributed by atoms with Gasteiger partial charge < -0.3 is 0 Å². The highest BCUT2D eigenvalue weighted by Gasteiger charge is 2.29. The smallest absolute Gasteiger partial charge is 0.285 e. The predicted octanol–water partition coefficient (Wildman–Crippen LogP) is 5.98. The third kappa shape index (κ3) is 5.24. The topological polar surface area (TPSA) is 58.6 Å². The standard InChI is InChI=1S/C20H14F3N3OS3/c21-20(22,23)15-4-1-12(2-5-15)10-29-18-24-17(27)25-19(26-18)30-11-13-3-6-16-14(9-13)7-8-28-16/h1-9H,10-11H2,(H,24,25,26,27). The first-order valence-electron chi connectivity index (χ1n) is 8.73. The van der Waals surface area contributed by atoms with Gasteiger partial charge in [0, 0.05) is 16.2 Å². The maximum atomic E-state index is 12.7. The number of aromatic amines is 1. The molecule has 0 spiro atoms. The first kappa shape index (κ1) is 21.0. The summed E-state index contributed by atoms with van der Waals surface area (Å²) < 4.78 is 39.2. The monoisotopic (exact) mass is 465 g/mol. The molecule has 0 unspecified atom stereocenters. The summed E-state index contributed by atoms with van der Waals surface area (Å²) in [4.78, 5) is 22.7. The van der Waals surface area contributed by atoms with E-state index in [0.717, 1.165) is 17.7 Å². The van der Waals surface area contributed by atoms with Crippen molar-refractivity contribution >= 4 is 44.9 Å². The number of hydrogen-bond donors (Lipinski definition) is 1. The van der Waals surface area contributed by atoms with Crippen LogP contribution in [0.15, 0.2) is 69.0 Å². The number of nitrogens with one attached hydrogen (secondary N) is 1. The van der Waals surface area contributed by atoms with Gasteiger partial charge in [-0.15, -0.1) is 11.3 Å². The first-order valence-corrected chi connectivity index (χ1v) is 11.6. The minimum Gasteiger partial charge on any atom is -0.285 e. The fourth-order valence-corrected chi connectivity index (χ4v) is 5.09. The van der Waals surface area contributed by atoms with Gasteiger partial charge in [-0.05, 0) is 52.2 Å². The number of alkyl halides is 3. The molecule has 154 valence electrons. The highest BCUT2D eigenvalue weighted by molar-refractivity contribution is 7.99. The van der Waals surface area contributed by atoms with Crippen LogP contribution >= 0.6 is 34.9 Å². The van der Waals surface area contributed by atoms with Crippen molar-refractivity contribution in [1.82, 2.24) is 15.0 Å². The Balaban J connectivity index is 1.40. The Hall–Kier alpha value is -2.30. The summed E-state index contributed by atoms with van der Waals surface area (Å²) in [6.07, 6.45) is -4.36. The van der Waals surface area contributed by atoms with E-state index in [9.17, 15) is 18.0 Å². The Kier molecular flexibility index (Phi) is 6.16. The minimum absolute atomic E-state index is 0.360. The zero-order valence-corrected chi connectivity index (χ0v) is 17.7. The third-order valence-corrected chi connectivity index (χ3v) is 6.91. The molecule has 0 radical (unpaired) electrons. The second kappa shape index (κ2) is 8.83. The first-order chi connectivity index (χ1) is 14.4. The van der Waals surface area contributed by atoms with Crippen LogP contribution in [0.2, 0.25) is 0 Å². The molecule has 0 amide bonds. The number of halogens is 3. The van der Waals surface area contributed by atoms with Crippen LogP contribution < -0.4 is 5.69 Å². The summed E-state index contributed by atoms with van der Waals surface area (Å²) in [7, 11) is 0. The van der Waals surface area contributed by atoms with Crippen LogP contribution in [-0.4, -0.2) is 15.0 Å². The molecule has 1 N–H and O–H groups in total. The molecule has 2 aromatic carbocycles. The molecule has 4 aromatic rings. The van der Waals surface area contributed by atoms with Crippen molar-refractivity contribution in [3.8, 4) is 0 Å². The fraction of sp³-hybridized carbons (Fsp3) is 0.150. The molecule has 0 aliphatic heterocycles. The molecule has 0 atom stereocenters. The van der Waals surface area contributed by atoms with Gasteiger partial charge in [0.15, 0.2) is 10.3 Å². The van der Waals surface area contributed by atoms with Crippen LogP contribution in [0, 0.1) is 0 Å². The predicted molar refractivity (Wildman–Crippen MR) is 115 cm³/mol. The Labute approximate surface area is 182 Å². The van der Waals surface area contributed by atoms with E-state index >= 15 is 0 Å². The quantitative estimate of drug-likeness (QED) is 0.355. The molecule has 2 heterocycles. The number of H-pyrrole nitrogens is 1. The van der Waals surface area contributed by atoms with E-state index in [1.54, 1.807) is 11.3 Å². The second-order valence-electron chi connectivity index (χ2n) is 6.31. The summed E-state index contributed by atoms with van der Waals surface area (Å²) in [6, 6.07) is 13.2. The molecule has 0 fully saturated rings. The SMILES string of the molecule is O=c1nc(SCc2ccc3sccc3c2)nc(SCc2ccc(C(F)(F)F)cc2)[nH]1. The van der Waals surface area contributed by atoms with Gasteiger partial charge in [-0.2, -0.15) is 23.1 Å². The van der Waals surface area contributed by atoms with E-state index in [2.05, 4.69) is 33.2 Å². The van der Waals surface area contributed by atoms with Crippen molar-refractivity contribution in [2.75, 3.05) is 0 Å². The van der Waals surface area contributed by atoms with Gasteiger partial charge in [-0.25, -0.2) is 4.79 Å². The van der Waals surface area contributed by atoms with Crippen LogP contribution in [0.25, 0.3) is 10.1 Å². The summed E-state index contributed by atoms with van der Waals surface area (Å²) in [5, 5.41) is 3.96. The van der Waals surface area contributed by atoms with Crippen molar-refractivity contribution in [2.24, 2.45) is 0 Å². The number of benzene rings is 2. The summed E-state index contributed by atoms with van der Waals surface area (Å²) in [5.74, 6) is 1.00. The van der Waals surface area contributed by atoms with E-state index in [-0.39, 0.29) is 0 Å². The lowest BCUT2D eigenvalue weighted by atomic mass is 10.1. The van der Waals surface area contributed by atoms with E-state index in [4.69, 9.17) is 0 Å². The Morgan fingerprint density at radius 2 is 1.67 bits per heavy atom. The molecule has 30 heavy (non-hydrogen) atoms. The van der Waals surface area contributed by atoms with Crippen molar-refractivity contribution < 1.29 is 13.2 Å². The number of rotatable bonds is 6. The van der Waals surface area contributed by atoms with Gasteiger partial charge in [-0.3, -0.25) is 4.98 Å². The number of fused-ring (bicyclic) bond motifs is 1. The molecule has 0 saturated carbocycles. The van der Waals surface area contributed by atoms with Crippen molar-refractivity contribution in [3.63, 3.8) is 0 Å². The van der Waals surface area contributed by atoms with Gasteiger partial charge >= 0.3 is 11.9 Å². The molecule has 4 rings (SSSR count). The second-order valence-corrected chi connectivity index (χ2v) is 9.16. The fourth-order valence-electron chi connectivity index (χ4n) is 2.67. The van der Waals surface area contributed by atoms with Crippen molar-refractivity contribution in [2.45, 2.75) is 28.0 Å². The minimum atomic E-state index is -4.36. The van der Waals surface area contributed by atoms with Gasteiger partial charge in [-0.1, -0.05) is 41.7 Å². The van der Waals surface area contributed by atoms with Gasteiger partial charge in [0.1, 0.15) is 0 Å². The number of thioether (sulfide) groups is 2. The highest BCUT2D eigenvalue weighted by Crippen LogP contribution is 2.30. The lowest BCUT2D eigenvalue weighted by Gasteiger charge is -2.07. The van der Waals surface area contributed by atoms with E-state index < -0.39 is 17.4 Å². The summed E-state index contributed by atoms with van der Waals surface area (Å²) in [6.45, 7) is 0. The molecule has 2 aromatic heterocycles. The normalized spacial score (nSPS) is 11.8. The van der Waals surface area contributed by atoms with Crippen LogP contribution in [0.4, 0.5) is 13.2 Å². The number of aromatic nitrogens is 3. The number of thiophene rings is 1. The largest absolute Gasteiger partial charge is 0.416 e. The van der Waals surface area contributed by atoms with Crippen LogP contribution in [0.3, 0.4) is 0 Å². The molecule has 4 nitrogen and oxygen atoms in total. The third-order valence-electron chi connectivity index (χ3n) is 4.15. The van der Waals surface area contributed by atoms with Gasteiger partial charge in [0.25, 0.3) is 0 Å². The summed E-state index contributed by atoms with van der Waals surface area (Å²) >= 11 is 4.29. The maximum Gasteiger partial charge on any atom is 0.416 e. The summed E-state index contributed by atoms with van der Waals surface area (Å²) in [5.41, 5.74) is 0.612. The average Bonchev–Trinajstić information content (AvgIpc) is 3.18. The van der Waals surface area contributed by atoms with Crippen LogP contribution in [-0.2, 0) is 17.7 Å². The lowest BCUT2D eigenvalue weighted by Crippen LogP contribution is -2.13. The van der Waals surface area contributed by atoms with Gasteiger partial charge in [0.05, 0.1) is 5.56 Å². The average molecular weight is 466 g/mol. The number of nitrogens with zero attached hydrogens (tertiary/aromatic N) is 2. The highest BCUT2D eigenvalue weighted by atomic mass is 32.2. The zero-order valence-electron chi connectivity index (χ0n) is 15.3. The van der Waals surface area contributed by atoms with Gasteiger partial charge in [0.2, 0.25) is 0 Å². The number of hydrogen-bond acceptors (Lipinski definition) is 6. The Morgan fingerprint density at radius 1 is 0.933 bits per heavy atom. The molecule has 0 aliphatic rings. The van der Waals surface area contributed by atoms with Crippen LogP contribution in [0.5, 0.6) is 0 Å². The van der Waals surface area contributed by atoms with Crippen molar-refractivity contribution in [1.29, 1.82) is 0 Å². The molecular weight excluding hydrogens is 451 g/mol. The zero-order chi connectivity index (χ0) is 21.1. The molecule has 0 bridgehead atoms. The van der Waals surface area contributed by atoms with E-state index in [1.165, 1.54) is 45.7 Å². The van der Waals surface area contributed by atoms with E-state index in [0.29, 0.717) is 27.4 Å². The van der Waals surface area contributed by atoms with E-state index in [1.807, 2.05) is 11.4 Å². The molecule has 0 aliphatic carbocycles. The maximum absolute atomic E-state index is 12.7. The molecule has 10 heteroatoms.